The van der Waals surface area contributed by atoms with Crippen molar-refractivity contribution < 1.29 is 9.53 Å². The predicted molar refractivity (Wildman–Crippen MR) is 50.5 cm³/mol. The van der Waals surface area contributed by atoms with Gasteiger partial charge >= 0.3 is 0 Å². The average Bonchev–Trinajstić information content (AvgIpc) is 2.16. The van der Waals surface area contributed by atoms with Crippen molar-refractivity contribution in [2.45, 2.75) is 19.4 Å². The minimum absolute atomic E-state index is 0.172. The highest BCUT2D eigenvalue weighted by Gasteiger charge is 2.18. The molecule has 0 spiro atoms. The van der Waals surface area contributed by atoms with Gasteiger partial charge in [0.2, 0.25) is 6.41 Å². The Balaban J connectivity index is 2.20. The molecule has 1 rings (SSSR count). The Bertz CT molecular complexity index is 151. The van der Waals surface area contributed by atoms with Crippen molar-refractivity contribution in [1.29, 1.82) is 0 Å². The van der Waals surface area contributed by atoms with E-state index in [0.717, 1.165) is 32.7 Å². The van der Waals surface area contributed by atoms with Crippen LogP contribution in [0.1, 0.15) is 13.3 Å². The standard InChI is InChI=1S/C9H18N2O2/c1-2-3-11-4-5-13-9(7-11)6-10-8-12/h8-9H,2-7H2,1H3,(H,10,12). The fourth-order valence-electron chi connectivity index (χ4n) is 1.60. The van der Waals surface area contributed by atoms with Crippen LogP contribution in [-0.4, -0.2) is 50.2 Å². The minimum atomic E-state index is 0.172. The highest BCUT2D eigenvalue weighted by atomic mass is 16.5. The Morgan fingerprint density at radius 3 is 3.23 bits per heavy atom. The molecule has 1 saturated heterocycles. The molecule has 0 bridgehead atoms. The molecule has 1 N–H and O–H groups in total. The number of ether oxygens (including phenoxy) is 1. The second-order valence-electron chi connectivity index (χ2n) is 3.32. The third kappa shape index (κ3) is 3.74. The van der Waals surface area contributed by atoms with Crippen LogP contribution in [0.3, 0.4) is 0 Å². The number of carbonyl (C=O) groups is 1. The summed E-state index contributed by atoms with van der Waals surface area (Å²) in [6.07, 6.45) is 2.07. The van der Waals surface area contributed by atoms with Gasteiger partial charge in [0.15, 0.2) is 0 Å². The van der Waals surface area contributed by atoms with E-state index in [4.69, 9.17) is 4.74 Å². The first-order chi connectivity index (χ1) is 6.36. The predicted octanol–water partition coefficient (Wildman–Crippen LogP) is -0.157. The molecule has 1 aliphatic heterocycles. The Labute approximate surface area is 79.2 Å². The molecule has 0 radical (unpaired) electrons. The third-order valence-corrected chi connectivity index (χ3v) is 2.19. The Morgan fingerprint density at radius 2 is 2.54 bits per heavy atom. The van der Waals surface area contributed by atoms with E-state index in [0.29, 0.717) is 6.54 Å². The summed E-state index contributed by atoms with van der Waals surface area (Å²) in [5.41, 5.74) is 0. The second kappa shape index (κ2) is 5.94. The zero-order chi connectivity index (χ0) is 9.52. The fraction of sp³-hybridized carbons (Fsp3) is 0.889. The molecule has 1 fully saturated rings. The molecule has 0 aromatic carbocycles. The molecule has 4 nitrogen and oxygen atoms in total. The van der Waals surface area contributed by atoms with E-state index in [2.05, 4.69) is 17.1 Å². The first-order valence-electron chi connectivity index (χ1n) is 4.87. The van der Waals surface area contributed by atoms with Crippen molar-refractivity contribution in [3.05, 3.63) is 0 Å². The van der Waals surface area contributed by atoms with Crippen LogP contribution in [0.5, 0.6) is 0 Å². The largest absolute Gasteiger partial charge is 0.374 e. The van der Waals surface area contributed by atoms with E-state index in [1.165, 1.54) is 6.42 Å². The van der Waals surface area contributed by atoms with Crippen molar-refractivity contribution in [3.8, 4) is 0 Å². The summed E-state index contributed by atoms with van der Waals surface area (Å²) in [7, 11) is 0. The van der Waals surface area contributed by atoms with Crippen molar-refractivity contribution >= 4 is 6.41 Å². The van der Waals surface area contributed by atoms with Crippen LogP contribution in [-0.2, 0) is 9.53 Å². The lowest BCUT2D eigenvalue weighted by Gasteiger charge is -2.32. The number of hydrogen-bond donors (Lipinski definition) is 1. The van der Waals surface area contributed by atoms with Gasteiger partial charge in [-0.25, -0.2) is 0 Å². The van der Waals surface area contributed by atoms with Crippen molar-refractivity contribution in [3.63, 3.8) is 0 Å². The Hall–Kier alpha value is -0.610. The van der Waals surface area contributed by atoms with E-state index in [1.807, 2.05) is 0 Å². The zero-order valence-electron chi connectivity index (χ0n) is 8.16. The molecule has 0 aromatic heterocycles. The number of nitrogens with zero attached hydrogens (tertiary/aromatic N) is 1. The maximum atomic E-state index is 10.1. The van der Waals surface area contributed by atoms with E-state index < -0.39 is 0 Å². The molecule has 0 saturated carbocycles. The number of hydrogen-bond acceptors (Lipinski definition) is 3. The van der Waals surface area contributed by atoms with Gasteiger partial charge in [-0.2, -0.15) is 0 Å². The maximum absolute atomic E-state index is 10.1. The smallest absolute Gasteiger partial charge is 0.207 e. The van der Waals surface area contributed by atoms with Gasteiger partial charge in [-0.15, -0.1) is 0 Å². The molecule has 4 heteroatoms. The van der Waals surface area contributed by atoms with E-state index >= 15 is 0 Å². The topological polar surface area (TPSA) is 41.6 Å². The summed E-state index contributed by atoms with van der Waals surface area (Å²) in [6, 6.07) is 0. The Kier molecular flexibility index (Phi) is 4.78. The summed E-state index contributed by atoms with van der Waals surface area (Å²) in [5.74, 6) is 0. The monoisotopic (exact) mass is 186 g/mol. The molecule has 13 heavy (non-hydrogen) atoms. The molecule has 1 aliphatic rings. The summed E-state index contributed by atoms with van der Waals surface area (Å²) in [6.45, 7) is 6.67. The minimum Gasteiger partial charge on any atom is -0.374 e. The van der Waals surface area contributed by atoms with Gasteiger partial charge in [-0.3, -0.25) is 9.69 Å². The normalized spacial score (nSPS) is 24.2. The van der Waals surface area contributed by atoms with Gasteiger partial charge in [0, 0.05) is 19.6 Å². The van der Waals surface area contributed by atoms with Crippen LogP contribution in [0.4, 0.5) is 0 Å². The molecule has 1 unspecified atom stereocenters. The first-order valence-corrected chi connectivity index (χ1v) is 4.87. The average molecular weight is 186 g/mol. The molecule has 0 aromatic rings. The molecule has 0 aliphatic carbocycles. The van der Waals surface area contributed by atoms with E-state index in [9.17, 15) is 4.79 Å². The van der Waals surface area contributed by atoms with Crippen LogP contribution < -0.4 is 5.32 Å². The molecule has 1 heterocycles. The van der Waals surface area contributed by atoms with Crippen molar-refractivity contribution in [1.82, 2.24) is 10.2 Å². The van der Waals surface area contributed by atoms with Gasteiger partial charge in [0.1, 0.15) is 0 Å². The third-order valence-electron chi connectivity index (χ3n) is 2.19. The molecule has 76 valence electrons. The van der Waals surface area contributed by atoms with Gasteiger partial charge in [0.05, 0.1) is 12.7 Å². The highest BCUT2D eigenvalue weighted by Crippen LogP contribution is 2.04. The molecule has 1 atom stereocenters. The summed E-state index contributed by atoms with van der Waals surface area (Å²) in [4.78, 5) is 12.5. The van der Waals surface area contributed by atoms with Gasteiger partial charge in [0.25, 0.3) is 0 Å². The van der Waals surface area contributed by atoms with Crippen LogP contribution in [0.25, 0.3) is 0 Å². The van der Waals surface area contributed by atoms with E-state index in [1.54, 1.807) is 0 Å². The lowest BCUT2D eigenvalue weighted by atomic mass is 10.2. The van der Waals surface area contributed by atoms with Crippen LogP contribution in [0, 0.1) is 0 Å². The van der Waals surface area contributed by atoms with Crippen LogP contribution in [0.2, 0.25) is 0 Å². The van der Waals surface area contributed by atoms with Gasteiger partial charge in [-0.05, 0) is 13.0 Å². The Morgan fingerprint density at radius 1 is 1.69 bits per heavy atom. The molecule has 1 amide bonds. The number of amides is 1. The van der Waals surface area contributed by atoms with E-state index in [-0.39, 0.29) is 6.10 Å². The van der Waals surface area contributed by atoms with Crippen LogP contribution in [0.15, 0.2) is 0 Å². The highest BCUT2D eigenvalue weighted by molar-refractivity contribution is 5.45. The first kappa shape index (κ1) is 10.5. The second-order valence-corrected chi connectivity index (χ2v) is 3.32. The zero-order valence-corrected chi connectivity index (χ0v) is 8.16. The fourth-order valence-corrected chi connectivity index (χ4v) is 1.60. The number of nitrogens with one attached hydrogen (secondary N) is 1. The summed E-state index contributed by atoms with van der Waals surface area (Å²) < 4.78 is 5.49. The van der Waals surface area contributed by atoms with Crippen molar-refractivity contribution in [2.75, 3.05) is 32.8 Å². The quantitative estimate of drug-likeness (QED) is 0.607. The number of morpholine rings is 1. The number of rotatable bonds is 5. The van der Waals surface area contributed by atoms with Gasteiger partial charge in [-0.1, -0.05) is 6.92 Å². The number of carbonyl (C=O) groups excluding carboxylic acids is 1. The molecular weight excluding hydrogens is 168 g/mol. The summed E-state index contributed by atoms with van der Waals surface area (Å²) in [5, 5.41) is 2.65. The van der Waals surface area contributed by atoms with Crippen LogP contribution >= 0.6 is 0 Å². The van der Waals surface area contributed by atoms with Crippen molar-refractivity contribution in [2.24, 2.45) is 0 Å². The summed E-state index contributed by atoms with van der Waals surface area (Å²) >= 11 is 0. The maximum Gasteiger partial charge on any atom is 0.207 e. The SMILES string of the molecule is CCCN1CCOC(CNC=O)C1. The lowest BCUT2D eigenvalue weighted by molar-refractivity contribution is -0.110. The molecular formula is C9H18N2O2. The lowest BCUT2D eigenvalue weighted by Crippen LogP contribution is -2.46. The van der Waals surface area contributed by atoms with Gasteiger partial charge < -0.3 is 10.1 Å².